The minimum Gasteiger partial charge on any atom is -0.368 e. The summed E-state index contributed by atoms with van der Waals surface area (Å²) in [6.45, 7) is 4.24. The van der Waals surface area contributed by atoms with E-state index < -0.39 is 0 Å². The van der Waals surface area contributed by atoms with Crippen LogP contribution >= 0.6 is 0 Å². The van der Waals surface area contributed by atoms with Crippen LogP contribution in [0.4, 0.5) is 5.95 Å². The van der Waals surface area contributed by atoms with E-state index in [0.29, 0.717) is 11.9 Å². The third-order valence-electron chi connectivity index (χ3n) is 4.10. The summed E-state index contributed by atoms with van der Waals surface area (Å²) in [5.74, 6) is 0.692. The van der Waals surface area contributed by atoms with Gasteiger partial charge in [0.05, 0.1) is 5.69 Å². The molecule has 112 valence electrons. The molecular formula is C19H21N3. The molecule has 3 rings (SSSR count). The second-order valence-electron chi connectivity index (χ2n) is 5.56. The van der Waals surface area contributed by atoms with Crippen molar-refractivity contribution in [3.63, 3.8) is 0 Å². The molecule has 1 atom stereocenters. The van der Waals surface area contributed by atoms with Gasteiger partial charge < -0.3 is 5.73 Å². The average molecular weight is 291 g/mol. The zero-order chi connectivity index (χ0) is 15.5. The minimum absolute atomic E-state index is 0.338. The molecule has 3 nitrogen and oxygen atoms in total. The van der Waals surface area contributed by atoms with Crippen molar-refractivity contribution < 1.29 is 0 Å². The molecule has 0 saturated carbocycles. The van der Waals surface area contributed by atoms with Crippen LogP contribution in [0.15, 0.2) is 54.3 Å². The summed E-state index contributed by atoms with van der Waals surface area (Å²) in [6.07, 6.45) is 10.5. The number of allylic oxidation sites excluding steroid dienone is 4. The molecule has 3 heteroatoms. The fourth-order valence-electron chi connectivity index (χ4n) is 3.20. The van der Waals surface area contributed by atoms with E-state index in [2.05, 4.69) is 66.3 Å². The number of fused-ring (bicyclic) bond motifs is 3. The first-order valence-corrected chi connectivity index (χ1v) is 7.78. The van der Waals surface area contributed by atoms with E-state index in [9.17, 15) is 0 Å². The van der Waals surface area contributed by atoms with Crippen molar-refractivity contribution in [1.29, 1.82) is 0 Å². The Bertz CT molecular complexity index is 744. The Morgan fingerprint density at radius 1 is 1.36 bits per heavy atom. The van der Waals surface area contributed by atoms with Gasteiger partial charge in [0.1, 0.15) is 0 Å². The highest BCUT2D eigenvalue weighted by Gasteiger charge is 2.27. The molecule has 0 radical (unpaired) electrons. The van der Waals surface area contributed by atoms with Crippen molar-refractivity contribution in [1.82, 2.24) is 9.97 Å². The summed E-state index contributed by atoms with van der Waals surface area (Å²) in [5.41, 5.74) is 11.8. The normalized spacial score (nSPS) is 17.4. The van der Waals surface area contributed by atoms with Gasteiger partial charge in [0.15, 0.2) is 0 Å². The molecule has 1 aromatic heterocycles. The lowest BCUT2D eigenvalue weighted by molar-refractivity contribution is 0.777. The summed E-state index contributed by atoms with van der Waals surface area (Å²) in [6, 6.07) is 8.49. The molecule has 2 aromatic rings. The van der Waals surface area contributed by atoms with Gasteiger partial charge in [-0.1, -0.05) is 49.4 Å². The van der Waals surface area contributed by atoms with Crippen LogP contribution in [0, 0.1) is 0 Å². The lowest BCUT2D eigenvalue weighted by atomic mass is 9.77. The van der Waals surface area contributed by atoms with Crippen molar-refractivity contribution in [2.45, 2.75) is 32.6 Å². The molecule has 0 amide bonds. The van der Waals surface area contributed by atoms with Gasteiger partial charge in [-0.15, -0.1) is 0 Å². The van der Waals surface area contributed by atoms with Crippen LogP contribution in [0.1, 0.15) is 37.3 Å². The Morgan fingerprint density at radius 2 is 2.18 bits per heavy atom. The van der Waals surface area contributed by atoms with E-state index in [4.69, 9.17) is 5.73 Å². The van der Waals surface area contributed by atoms with Gasteiger partial charge >= 0.3 is 0 Å². The number of hydrogen-bond acceptors (Lipinski definition) is 3. The molecule has 22 heavy (non-hydrogen) atoms. The van der Waals surface area contributed by atoms with Gasteiger partial charge in [0.25, 0.3) is 0 Å². The molecule has 0 bridgehead atoms. The van der Waals surface area contributed by atoms with E-state index in [-0.39, 0.29) is 0 Å². The molecule has 1 unspecified atom stereocenters. The van der Waals surface area contributed by atoms with Crippen LogP contribution in [-0.2, 0) is 6.42 Å². The van der Waals surface area contributed by atoms with Crippen LogP contribution in [0.5, 0.6) is 0 Å². The van der Waals surface area contributed by atoms with Crippen molar-refractivity contribution >= 4 is 5.95 Å². The van der Waals surface area contributed by atoms with Crippen LogP contribution in [-0.4, -0.2) is 9.97 Å². The van der Waals surface area contributed by atoms with Crippen LogP contribution in [0.25, 0.3) is 11.3 Å². The first-order valence-electron chi connectivity index (χ1n) is 7.78. The summed E-state index contributed by atoms with van der Waals surface area (Å²) in [7, 11) is 0. The number of benzene rings is 1. The van der Waals surface area contributed by atoms with Gasteiger partial charge in [0, 0.05) is 17.7 Å². The lowest BCUT2D eigenvalue weighted by Gasteiger charge is -2.28. The highest BCUT2D eigenvalue weighted by molar-refractivity contribution is 5.72. The molecule has 1 heterocycles. The smallest absolute Gasteiger partial charge is 0.220 e. The van der Waals surface area contributed by atoms with Gasteiger partial charge in [0.2, 0.25) is 5.95 Å². The highest BCUT2D eigenvalue weighted by atomic mass is 15.0. The molecule has 1 aliphatic carbocycles. The first kappa shape index (κ1) is 14.5. The Kier molecular flexibility index (Phi) is 4.05. The average Bonchev–Trinajstić information content (AvgIpc) is 2.54. The topological polar surface area (TPSA) is 51.8 Å². The third-order valence-corrected chi connectivity index (χ3v) is 4.10. The summed E-state index contributed by atoms with van der Waals surface area (Å²) in [5, 5.41) is 0. The summed E-state index contributed by atoms with van der Waals surface area (Å²) >= 11 is 0. The van der Waals surface area contributed by atoms with Gasteiger partial charge in [-0.3, -0.25) is 0 Å². The standard InChI is InChI=1S/C19H21N3/c1-3-7-13(8-4-2)17-11-14-12-21-19(20)22-18(14)16-10-6-5-9-15(16)17/h3,5-10,12,17H,4,11H2,1-2H3,(H2,20,21,22)/b7-3-,13-8+. The fourth-order valence-corrected chi connectivity index (χ4v) is 3.20. The molecular weight excluding hydrogens is 270 g/mol. The van der Waals surface area contributed by atoms with E-state index in [1.54, 1.807) is 0 Å². The number of nitrogens with two attached hydrogens (primary N) is 1. The zero-order valence-corrected chi connectivity index (χ0v) is 13.1. The molecule has 0 fully saturated rings. The SMILES string of the molecule is C/C=C\C(=C/CC)C1Cc2cnc(N)nc2-c2ccccc21. The van der Waals surface area contributed by atoms with Gasteiger partial charge in [-0.25, -0.2) is 9.97 Å². The molecule has 2 N–H and O–H groups in total. The number of rotatable bonds is 3. The van der Waals surface area contributed by atoms with Crippen LogP contribution < -0.4 is 5.73 Å². The predicted molar refractivity (Wildman–Crippen MR) is 91.5 cm³/mol. The van der Waals surface area contributed by atoms with E-state index in [1.165, 1.54) is 22.3 Å². The summed E-state index contributed by atoms with van der Waals surface area (Å²) in [4.78, 5) is 8.65. The van der Waals surface area contributed by atoms with Crippen LogP contribution in [0.2, 0.25) is 0 Å². The maximum atomic E-state index is 5.78. The van der Waals surface area contributed by atoms with Crippen LogP contribution in [0.3, 0.4) is 0 Å². The van der Waals surface area contributed by atoms with Gasteiger partial charge in [-0.05, 0) is 36.5 Å². The third kappa shape index (κ3) is 2.54. The van der Waals surface area contributed by atoms with Crippen molar-refractivity contribution in [3.05, 3.63) is 65.4 Å². The number of nitrogen functional groups attached to an aromatic ring is 1. The summed E-state index contributed by atoms with van der Waals surface area (Å²) < 4.78 is 0. The van der Waals surface area contributed by atoms with Crippen molar-refractivity contribution in [3.8, 4) is 11.3 Å². The molecule has 0 saturated heterocycles. The Balaban J connectivity index is 2.17. The Morgan fingerprint density at radius 3 is 2.95 bits per heavy atom. The number of nitrogens with zero attached hydrogens (tertiary/aromatic N) is 2. The maximum Gasteiger partial charge on any atom is 0.220 e. The molecule has 0 aliphatic heterocycles. The second-order valence-corrected chi connectivity index (χ2v) is 5.56. The molecule has 1 aromatic carbocycles. The first-order chi connectivity index (χ1) is 10.7. The van der Waals surface area contributed by atoms with Crippen molar-refractivity contribution in [2.24, 2.45) is 0 Å². The van der Waals surface area contributed by atoms with E-state index in [1.807, 2.05) is 6.20 Å². The molecule has 1 aliphatic rings. The zero-order valence-electron chi connectivity index (χ0n) is 13.1. The number of aromatic nitrogens is 2. The van der Waals surface area contributed by atoms with E-state index in [0.717, 1.165) is 18.5 Å². The lowest BCUT2D eigenvalue weighted by Crippen LogP contribution is -2.15. The van der Waals surface area contributed by atoms with E-state index >= 15 is 0 Å². The van der Waals surface area contributed by atoms with Crippen molar-refractivity contribution in [2.75, 3.05) is 5.73 Å². The number of hydrogen-bond donors (Lipinski definition) is 1. The Hall–Kier alpha value is -2.42. The number of anilines is 1. The van der Waals surface area contributed by atoms with Gasteiger partial charge in [-0.2, -0.15) is 0 Å². The largest absolute Gasteiger partial charge is 0.368 e. The monoisotopic (exact) mass is 291 g/mol. The highest BCUT2D eigenvalue weighted by Crippen LogP contribution is 2.42. The predicted octanol–water partition coefficient (Wildman–Crippen LogP) is 4.28. The quantitative estimate of drug-likeness (QED) is 0.859. The fraction of sp³-hybridized carbons (Fsp3) is 0.263. The second kappa shape index (κ2) is 6.14. The minimum atomic E-state index is 0.338. The maximum absolute atomic E-state index is 5.78. The molecule has 0 spiro atoms. The Labute approximate surface area is 131 Å².